The first-order valence-corrected chi connectivity index (χ1v) is 8.26. The number of hydrogen-bond donors (Lipinski definition) is 2. The van der Waals surface area contributed by atoms with E-state index in [1.54, 1.807) is 0 Å². The van der Waals surface area contributed by atoms with Crippen LogP contribution < -0.4 is 15.4 Å². The summed E-state index contributed by atoms with van der Waals surface area (Å²) in [5, 5.41) is 5.78. The second-order valence-electron chi connectivity index (χ2n) is 5.68. The first-order valence-electron chi connectivity index (χ1n) is 8.26. The molecule has 5 heteroatoms. The van der Waals surface area contributed by atoms with Crippen molar-refractivity contribution in [3.63, 3.8) is 0 Å². The van der Waals surface area contributed by atoms with Crippen LogP contribution in [0.3, 0.4) is 0 Å². The van der Waals surface area contributed by atoms with Gasteiger partial charge in [-0.3, -0.25) is 4.79 Å². The zero-order chi connectivity index (χ0) is 18.2. The molecule has 0 aliphatic heterocycles. The largest absolute Gasteiger partial charge is 0.487 e. The van der Waals surface area contributed by atoms with E-state index in [1.807, 2.05) is 54.6 Å². The number of amides is 1. The van der Waals surface area contributed by atoms with Crippen molar-refractivity contribution in [3.05, 3.63) is 90.2 Å². The zero-order valence-electron chi connectivity index (χ0n) is 14.1. The maximum absolute atomic E-state index is 12.9. The van der Waals surface area contributed by atoms with Gasteiger partial charge in [-0.05, 0) is 42.0 Å². The van der Waals surface area contributed by atoms with Gasteiger partial charge in [0.1, 0.15) is 18.2 Å². The summed E-state index contributed by atoms with van der Waals surface area (Å²) in [6.07, 6.45) is 0. The average Bonchev–Trinajstić information content (AvgIpc) is 2.68. The lowest BCUT2D eigenvalue weighted by atomic mass is 10.2. The van der Waals surface area contributed by atoms with Crippen molar-refractivity contribution in [2.24, 2.45) is 0 Å². The van der Waals surface area contributed by atoms with Crippen molar-refractivity contribution in [3.8, 4) is 5.75 Å². The maximum Gasteiger partial charge on any atom is 0.243 e. The van der Waals surface area contributed by atoms with E-state index in [4.69, 9.17) is 4.74 Å². The predicted octanol–water partition coefficient (Wildman–Crippen LogP) is 4.46. The number of anilines is 2. The molecule has 0 aliphatic rings. The lowest BCUT2D eigenvalue weighted by Crippen LogP contribution is -2.22. The molecule has 1 amide bonds. The summed E-state index contributed by atoms with van der Waals surface area (Å²) >= 11 is 0. The summed E-state index contributed by atoms with van der Waals surface area (Å²) in [5.41, 5.74) is 2.35. The lowest BCUT2D eigenvalue weighted by molar-refractivity contribution is -0.114. The molecule has 0 aliphatic carbocycles. The van der Waals surface area contributed by atoms with Crippen molar-refractivity contribution < 1.29 is 13.9 Å². The average molecular weight is 350 g/mol. The third-order valence-corrected chi connectivity index (χ3v) is 3.69. The van der Waals surface area contributed by atoms with E-state index in [9.17, 15) is 9.18 Å². The molecule has 4 nitrogen and oxygen atoms in total. The molecule has 0 bridgehead atoms. The Kier molecular flexibility index (Phi) is 5.83. The molecule has 0 saturated heterocycles. The van der Waals surface area contributed by atoms with Gasteiger partial charge in [-0.2, -0.15) is 0 Å². The second kappa shape index (κ2) is 8.67. The quantitative estimate of drug-likeness (QED) is 0.662. The number of carbonyl (C=O) groups excluding carboxylic acids is 1. The number of ether oxygens (including phenoxy) is 1. The monoisotopic (exact) mass is 350 g/mol. The summed E-state index contributed by atoms with van der Waals surface area (Å²) in [7, 11) is 0. The molecule has 0 unspecified atom stereocenters. The maximum atomic E-state index is 12.9. The molecule has 0 aromatic heterocycles. The normalized spacial score (nSPS) is 10.2. The van der Waals surface area contributed by atoms with Gasteiger partial charge in [-0.1, -0.05) is 42.5 Å². The van der Waals surface area contributed by atoms with Crippen LogP contribution in [0.25, 0.3) is 0 Å². The highest BCUT2D eigenvalue weighted by atomic mass is 19.1. The fourth-order valence-electron chi connectivity index (χ4n) is 2.39. The predicted molar refractivity (Wildman–Crippen MR) is 101 cm³/mol. The van der Waals surface area contributed by atoms with Crippen LogP contribution in [0.1, 0.15) is 5.56 Å². The van der Waals surface area contributed by atoms with Gasteiger partial charge in [0.05, 0.1) is 12.2 Å². The van der Waals surface area contributed by atoms with Gasteiger partial charge in [0, 0.05) is 5.69 Å². The molecule has 0 fully saturated rings. The van der Waals surface area contributed by atoms with E-state index in [1.165, 1.54) is 24.3 Å². The topological polar surface area (TPSA) is 50.4 Å². The van der Waals surface area contributed by atoms with Gasteiger partial charge in [-0.15, -0.1) is 0 Å². The summed E-state index contributed by atoms with van der Waals surface area (Å²) in [6.45, 7) is 0.518. The molecule has 0 radical (unpaired) electrons. The second-order valence-corrected chi connectivity index (χ2v) is 5.68. The highest BCUT2D eigenvalue weighted by Gasteiger charge is 2.07. The molecule has 3 aromatic rings. The zero-order valence-corrected chi connectivity index (χ0v) is 14.1. The third-order valence-electron chi connectivity index (χ3n) is 3.69. The van der Waals surface area contributed by atoms with Crippen LogP contribution in [0.2, 0.25) is 0 Å². The number of hydrogen-bond acceptors (Lipinski definition) is 3. The van der Waals surface area contributed by atoms with Crippen LogP contribution in [0.15, 0.2) is 78.9 Å². The van der Waals surface area contributed by atoms with Crippen molar-refractivity contribution in [2.75, 3.05) is 17.2 Å². The first kappa shape index (κ1) is 17.5. The molecule has 0 atom stereocenters. The molecular formula is C21H19FN2O2. The van der Waals surface area contributed by atoms with E-state index >= 15 is 0 Å². The number of benzene rings is 3. The van der Waals surface area contributed by atoms with Crippen LogP contribution in [0.4, 0.5) is 15.8 Å². The molecule has 3 aromatic carbocycles. The molecular weight excluding hydrogens is 331 g/mol. The van der Waals surface area contributed by atoms with Crippen molar-refractivity contribution in [1.29, 1.82) is 0 Å². The minimum absolute atomic E-state index is 0.0725. The molecule has 132 valence electrons. The molecule has 26 heavy (non-hydrogen) atoms. The van der Waals surface area contributed by atoms with E-state index in [0.717, 1.165) is 11.3 Å². The highest BCUT2D eigenvalue weighted by molar-refractivity contribution is 5.93. The van der Waals surface area contributed by atoms with E-state index in [2.05, 4.69) is 10.6 Å². The Morgan fingerprint density at radius 2 is 1.58 bits per heavy atom. The summed E-state index contributed by atoms with van der Waals surface area (Å²) in [5.74, 6) is 0.103. The van der Waals surface area contributed by atoms with Crippen LogP contribution in [0, 0.1) is 5.82 Å². The van der Waals surface area contributed by atoms with Crippen LogP contribution in [0.5, 0.6) is 5.75 Å². The summed E-state index contributed by atoms with van der Waals surface area (Å²) < 4.78 is 18.7. The number of rotatable bonds is 7. The first-order chi connectivity index (χ1) is 12.7. The Morgan fingerprint density at radius 3 is 2.35 bits per heavy atom. The van der Waals surface area contributed by atoms with Crippen LogP contribution in [-0.4, -0.2) is 12.5 Å². The van der Waals surface area contributed by atoms with Crippen LogP contribution >= 0.6 is 0 Å². The summed E-state index contributed by atoms with van der Waals surface area (Å²) in [6, 6.07) is 23.0. The van der Waals surface area contributed by atoms with Gasteiger partial charge >= 0.3 is 0 Å². The molecule has 2 N–H and O–H groups in total. The number of carbonyl (C=O) groups is 1. The number of para-hydroxylation sites is 2. The number of nitrogens with one attached hydrogen (secondary N) is 2. The third kappa shape index (κ3) is 5.08. The molecule has 0 heterocycles. The van der Waals surface area contributed by atoms with E-state index < -0.39 is 0 Å². The smallest absolute Gasteiger partial charge is 0.243 e. The van der Waals surface area contributed by atoms with Gasteiger partial charge in [-0.25, -0.2) is 4.39 Å². The SMILES string of the molecule is O=C(CNc1ccccc1OCc1ccccc1)Nc1ccc(F)cc1. The fourth-order valence-corrected chi connectivity index (χ4v) is 2.39. The Morgan fingerprint density at radius 1 is 0.885 bits per heavy atom. The Balaban J connectivity index is 1.56. The fraction of sp³-hybridized carbons (Fsp3) is 0.0952. The molecule has 3 rings (SSSR count). The van der Waals surface area contributed by atoms with Gasteiger partial charge in [0.15, 0.2) is 0 Å². The van der Waals surface area contributed by atoms with E-state index in [-0.39, 0.29) is 18.3 Å². The van der Waals surface area contributed by atoms with E-state index in [0.29, 0.717) is 18.0 Å². The Hall–Kier alpha value is -3.34. The summed E-state index contributed by atoms with van der Waals surface area (Å²) in [4.78, 5) is 12.1. The van der Waals surface area contributed by atoms with Gasteiger partial charge in [0.25, 0.3) is 0 Å². The lowest BCUT2D eigenvalue weighted by Gasteiger charge is -2.13. The number of halogens is 1. The van der Waals surface area contributed by atoms with Gasteiger partial charge in [0.2, 0.25) is 5.91 Å². The minimum Gasteiger partial charge on any atom is -0.487 e. The highest BCUT2D eigenvalue weighted by Crippen LogP contribution is 2.24. The van der Waals surface area contributed by atoms with Crippen LogP contribution in [-0.2, 0) is 11.4 Å². The Labute approximate surface area is 151 Å². The van der Waals surface area contributed by atoms with Crippen molar-refractivity contribution >= 4 is 17.3 Å². The van der Waals surface area contributed by atoms with Gasteiger partial charge < -0.3 is 15.4 Å². The van der Waals surface area contributed by atoms with Crippen molar-refractivity contribution in [1.82, 2.24) is 0 Å². The molecule has 0 spiro atoms. The molecule has 0 saturated carbocycles. The standard InChI is InChI=1S/C21H19FN2O2/c22-17-10-12-18(13-11-17)24-21(25)14-23-19-8-4-5-9-20(19)26-15-16-6-2-1-3-7-16/h1-13,23H,14-15H2,(H,24,25). The van der Waals surface area contributed by atoms with Crippen molar-refractivity contribution in [2.45, 2.75) is 6.61 Å². The minimum atomic E-state index is -0.342. The Bertz CT molecular complexity index is 851.